The van der Waals surface area contributed by atoms with Gasteiger partial charge in [0.1, 0.15) is 12.2 Å². The van der Waals surface area contributed by atoms with Gasteiger partial charge in [-0.3, -0.25) is 9.59 Å². The summed E-state index contributed by atoms with van der Waals surface area (Å²) in [5.74, 6) is -0.910. The molecule has 0 unspecified atom stereocenters. The summed E-state index contributed by atoms with van der Waals surface area (Å²) in [6, 6.07) is 1.30. The molecule has 0 aromatic carbocycles. The van der Waals surface area contributed by atoms with Crippen molar-refractivity contribution in [3.63, 3.8) is 0 Å². The summed E-state index contributed by atoms with van der Waals surface area (Å²) in [6.45, 7) is 0. The first kappa shape index (κ1) is 9.24. The summed E-state index contributed by atoms with van der Waals surface area (Å²) in [5.41, 5.74) is 4.91. The third kappa shape index (κ3) is 2.29. The van der Waals surface area contributed by atoms with Crippen LogP contribution in [0, 0.1) is 0 Å². The number of nitrogens with two attached hydrogens (primary N) is 1. The van der Waals surface area contributed by atoms with Crippen molar-refractivity contribution >= 4 is 11.9 Å². The lowest BCUT2D eigenvalue weighted by Gasteiger charge is -1.92. The predicted molar refractivity (Wildman–Crippen MR) is 40.7 cm³/mol. The highest BCUT2D eigenvalue weighted by atomic mass is 16.5. The zero-order valence-electron chi connectivity index (χ0n) is 6.94. The van der Waals surface area contributed by atoms with Gasteiger partial charge in [0.05, 0.1) is 7.11 Å². The van der Waals surface area contributed by atoms with Crippen LogP contribution in [0.3, 0.4) is 0 Å². The lowest BCUT2D eigenvalue weighted by Crippen LogP contribution is -2.10. The minimum Gasteiger partial charge on any atom is -0.469 e. The number of primary amides is 1. The number of carbonyl (C=O) groups excluding carboxylic acids is 2. The Labute approximate surface area is 73.6 Å². The highest BCUT2D eigenvalue weighted by Gasteiger charge is 2.11. The Morgan fingerprint density at radius 1 is 1.69 bits per heavy atom. The van der Waals surface area contributed by atoms with Crippen LogP contribution in [0.4, 0.5) is 0 Å². The standard InChI is InChI=1S/C7H8N2O4/c1-12-6(10)3-4-2-5(7(8)11)9-13-4/h2H,3H2,1H3,(H2,8,11). The number of rotatable bonds is 3. The minimum atomic E-state index is -0.695. The van der Waals surface area contributed by atoms with Crippen molar-refractivity contribution in [1.82, 2.24) is 5.16 Å². The van der Waals surface area contributed by atoms with E-state index in [1.54, 1.807) is 0 Å². The fraction of sp³-hybridized carbons (Fsp3) is 0.286. The second-order valence-electron chi connectivity index (χ2n) is 2.30. The number of hydrogen-bond acceptors (Lipinski definition) is 5. The third-order valence-electron chi connectivity index (χ3n) is 1.36. The minimum absolute atomic E-state index is 0.00102. The molecule has 0 saturated carbocycles. The molecule has 0 atom stereocenters. The molecule has 1 heterocycles. The number of hydrogen-bond donors (Lipinski definition) is 1. The molecule has 1 rings (SSSR count). The number of esters is 1. The first-order valence-electron chi connectivity index (χ1n) is 3.45. The summed E-state index contributed by atoms with van der Waals surface area (Å²) in [4.78, 5) is 21.3. The predicted octanol–water partition coefficient (Wildman–Crippen LogP) is -0.511. The number of carbonyl (C=O) groups is 2. The van der Waals surface area contributed by atoms with E-state index in [4.69, 9.17) is 5.73 Å². The van der Waals surface area contributed by atoms with Gasteiger partial charge in [0.25, 0.3) is 5.91 Å². The molecule has 70 valence electrons. The number of nitrogens with zero attached hydrogens (tertiary/aromatic N) is 1. The molecule has 0 saturated heterocycles. The molecule has 2 N–H and O–H groups in total. The van der Waals surface area contributed by atoms with E-state index < -0.39 is 11.9 Å². The van der Waals surface area contributed by atoms with Gasteiger partial charge in [0, 0.05) is 6.07 Å². The lowest BCUT2D eigenvalue weighted by molar-refractivity contribution is -0.140. The molecule has 0 radical (unpaired) electrons. The molecule has 0 spiro atoms. The zero-order chi connectivity index (χ0) is 9.84. The molecule has 0 aliphatic carbocycles. The smallest absolute Gasteiger partial charge is 0.313 e. The molecular weight excluding hydrogens is 176 g/mol. The second kappa shape index (κ2) is 3.70. The van der Waals surface area contributed by atoms with E-state index in [-0.39, 0.29) is 17.9 Å². The topological polar surface area (TPSA) is 95.4 Å². The van der Waals surface area contributed by atoms with Crippen molar-refractivity contribution in [2.75, 3.05) is 7.11 Å². The Kier molecular flexibility index (Phi) is 2.63. The van der Waals surface area contributed by atoms with Gasteiger partial charge >= 0.3 is 5.97 Å². The highest BCUT2D eigenvalue weighted by molar-refractivity contribution is 5.90. The molecule has 0 aliphatic heterocycles. The maximum Gasteiger partial charge on any atom is 0.313 e. The molecular formula is C7H8N2O4. The van der Waals surface area contributed by atoms with E-state index in [1.807, 2.05) is 0 Å². The van der Waals surface area contributed by atoms with Gasteiger partial charge in [-0.15, -0.1) is 0 Å². The Bertz CT molecular complexity index is 331. The van der Waals surface area contributed by atoms with Crippen molar-refractivity contribution in [1.29, 1.82) is 0 Å². The third-order valence-corrected chi connectivity index (χ3v) is 1.36. The molecule has 0 fully saturated rings. The molecule has 0 bridgehead atoms. The summed E-state index contributed by atoms with van der Waals surface area (Å²) in [6.07, 6.45) is -0.0588. The van der Waals surface area contributed by atoms with Crippen LogP contribution in [0.5, 0.6) is 0 Å². The van der Waals surface area contributed by atoms with E-state index in [1.165, 1.54) is 13.2 Å². The van der Waals surface area contributed by atoms with E-state index in [0.717, 1.165) is 0 Å². The van der Waals surface area contributed by atoms with Crippen molar-refractivity contribution in [2.45, 2.75) is 6.42 Å². The average Bonchev–Trinajstić information content (AvgIpc) is 2.52. The molecule has 6 heteroatoms. The van der Waals surface area contributed by atoms with E-state index in [9.17, 15) is 9.59 Å². The number of ether oxygens (including phenoxy) is 1. The molecule has 1 aromatic heterocycles. The Hall–Kier alpha value is -1.85. The van der Waals surface area contributed by atoms with E-state index >= 15 is 0 Å². The SMILES string of the molecule is COC(=O)Cc1cc(C(N)=O)no1. The normalized spacial score (nSPS) is 9.62. The molecule has 13 heavy (non-hydrogen) atoms. The van der Waals surface area contributed by atoms with Gasteiger partial charge in [0.2, 0.25) is 0 Å². The summed E-state index contributed by atoms with van der Waals surface area (Å²) in [5, 5.41) is 3.35. The number of aromatic nitrogens is 1. The first-order valence-corrected chi connectivity index (χ1v) is 3.45. The number of amides is 1. The summed E-state index contributed by atoms with van der Waals surface area (Å²) >= 11 is 0. The average molecular weight is 184 g/mol. The van der Waals surface area contributed by atoms with Crippen LogP contribution in [-0.2, 0) is 16.0 Å². The second-order valence-corrected chi connectivity index (χ2v) is 2.30. The van der Waals surface area contributed by atoms with Crippen molar-refractivity contribution in [3.8, 4) is 0 Å². The molecule has 0 aliphatic rings. The molecule has 1 aromatic rings. The zero-order valence-corrected chi connectivity index (χ0v) is 6.94. The first-order chi connectivity index (χ1) is 6.13. The van der Waals surface area contributed by atoms with Gasteiger partial charge in [-0.1, -0.05) is 5.16 Å². The van der Waals surface area contributed by atoms with Gasteiger partial charge in [-0.05, 0) is 0 Å². The Morgan fingerprint density at radius 2 is 2.38 bits per heavy atom. The summed E-state index contributed by atoms with van der Waals surface area (Å²) in [7, 11) is 1.26. The van der Waals surface area contributed by atoms with Gasteiger partial charge in [0.15, 0.2) is 5.69 Å². The quantitative estimate of drug-likeness (QED) is 0.638. The van der Waals surface area contributed by atoms with Crippen LogP contribution in [0.1, 0.15) is 16.2 Å². The maximum absolute atomic E-state index is 10.7. The van der Waals surface area contributed by atoms with Crippen LogP contribution >= 0.6 is 0 Å². The van der Waals surface area contributed by atoms with Crippen LogP contribution < -0.4 is 5.73 Å². The van der Waals surface area contributed by atoms with E-state index in [0.29, 0.717) is 0 Å². The van der Waals surface area contributed by atoms with Gasteiger partial charge in [-0.25, -0.2) is 0 Å². The van der Waals surface area contributed by atoms with Crippen molar-refractivity contribution in [2.24, 2.45) is 5.73 Å². The van der Waals surface area contributed by atoms with Crippen molar-refractivity contribution < 1.29 is 18.8 Å². The van der Waals surface area contributed by atoms with Gasteiger partial charge in [-0.2, -0.15) is 0 Å². The molecule has 1 amide bonds. The van der Waals surface area contributed by atoms with Gasteiger partial charge < -0.3 is 15.0 Å². The monoisotopic (exact) mass is 184 g/mol. The van der Waals surface area contributed by atoms with E-state index in [2.05, 4.69) is 14.4 Å². The number of methoxy groups -OCH3 is 1. The highest BCUT2D eigenvalue weighted by Crippen LogP contribution is 2.04. The Balaban J connectivity index is 2.69. The van der Waals surface area contributed by atoms with Crippen LogP contribution in [0.15, 0.2) is 10.6 Å². The Morgan fingerprint density at radius 3 is 2.85 bits per heavy atom. The fourth-order valence-corrected chi connectivity index (χ4v) is 0.727. The summed E-state index contributed by atoms with van der Waals surface area (Å²) < 4.78 is 9.03. The van der Waals surface area contributed by atoms with Crippen LogP contribution in [0.25, 0.3) is 0 Å². The lowest BCUT2D eigenvalue weighted by atomic mass is 10.3. The van der Waals surface area contributed by atoms with Crippen LogP contribution in [-0.4, -0.2) is 24.1 Å². The largest absolute Gasteiger partial charge is 0.469 e. The van der Waals surface area contributed by atoms with Crippen LogP contribution in [0.2, 0.25) is 0 Å². The van der Waals surface area contributed by atoms with Crippen molar-refractivity contribution in [3.05, 3.63) is 17.5 Å². The molecule has 6 nitrogen and oxygen atoms in total. The maximum atomic E-state index is 10.7. The fourth-order valence-electron chi connectivity index (χ4n) is 0.727.